The molecule has 0 amide bonds. The molecular weight excluding hydrogens is 294 g/mol. The zero-order chi connectivity index (χ0) is 16.2. The van der Waals surface area contributed by atoms with Crippen molar-refractivity contribution in [1.29, 1.82) is 0 Å². The zero-order valence-electron chi connectivity index (χ0n) is 12.1. The summed E-state index contributed by atoms with van der Waals surface area (Å²) in [5, 5.41) is 30.7. The highest BCUT2D eigenvalue weighted by Gasteiger charge is 2.06. The number of nitro benzene ring substituents is 1. The number of nitrogens with zero attached hydrogens (tertiary/aromatic N) is 3. The second-order valence-electron chi connectivity index (χ2n) is 4.96. The molecule has 114 valence electrons. The fourth-order valence-electron chi connectivity index (χ4n) is 2.32. The Bertz CT molecular complexity index is 889. The zero-order valence-corrected chi connectivity index (χ0v) is 12.1. The van der Waals surface area contributed by atoms with Crippen molar-refractivity contribution in [1.82, 2.24) is 0 Å². The van der Waals surface area contributed by atoms with Crippen molar-refractivity contribution >= 4 is 22.1 Å². The second kappa shape index (κ2) is 6.23. The summed E-state index contributed by atoms with van der Waals surface area (Å²) >= 11 is 0. The summed E-state index contributed by atoms with van der Waals surface area (Å²) in [5.41, 5.74) is 1.24. The first-order valence-electron chi connectivity index (χ1n) is 6.97. The van der Waals surface area contributed by atoms with Gasteiger partial charge in [-0.05, 0) is 29.0 Å². The van der Waals surface area contributed by atoms with Crippen molar-refractivity contribution in [3.63, 3.8) is 0 Å². The largest absolute Gasteiger partial charge is 0.508 e. The van der Waals surface area contributed by atoms with E-state index in [9.17, 15) is 15.2 Å². The predicted molar refractivity (Wildman–Crippen MR) is 86.9 cm³/mol. The van der Waals surface area contributed by atoms with Crippen LogP contribution in [0.4, 0.5) is 11.4 Å². The molecule has 3 aromatic carbocycles. The van der Waals surface area contributed by atoms with Crippen LogP contribution in [0.3, 0.4) is 0 Å². The van der Waals surface area contributed by atoms with E-state index in [1.165, 1.54) is 24.3 Å². The molecule has 0 bridgehead atoms. The number of phenolic OH excluding ortho intramolecular Hbond substituents is 1. The van der Waals surface area contributed by atoms with Gasteiger partial charge in [0.1, 0.15) is 5.75 Å². The molecular formula is C17H13N3O3. The maximum atomic E-state index is 10.6. The number of nitro groups is 1. The monoisotopic (exact) mass is 307 g/mol. The molecule has 0 atom stereocenters. The molecule has 0 aliphatic rings. The number of fused-ring (bicyclic) bond motifs is 1. The molecule has 1 N–H and O–H groups in total. The van der Waals surface area contributed by atoms with Gasteiger partial charge in [-0.25, -0.2) is 0 Å². The first-order chi connectivity index (χ1) is 11.1. The lowest BCUT2D eigenvalue weighted by Crippen LogP contribution is -1.86. The average Bonchev–Trinajstić information content (AvgIpc) is 2.57. The fourth-order valence-corrected chi connectivity index (χ4v) is 2.32. The summed E-state index contributed by atoms with van der Waals surface area (Å²) in [6.45, 7) is 0.226. The average molecular weight is 307 g/mol. The molecule has 0 aliphatic carbocycles. The lowest BCUT2D eigenvalue weighted by atomic mass is 10.0. The minimum absolute atomic E-state index is 0.00986. The maximum absolute atomic E-state index is 10.6. The number of phenols is 1. The summed E-state index contributed by atoms with van der Waals surface area (Å²) in [4.78, 5) is 10.1. The topological polar surface area (TPSA) is 88.1 Å². The van der Waals surface area contributed by atoms with Gasteiger partial charge in [0.25, 0.3) is 5.69 Å². The van der Waals surface area contributed by atoms with Gasteiger partial charge in [-0.15, -0.1) is 0 Å². The van der Waals surface area contributed by atoms with E-state index in [0.29, 0.717) is 11.3 Å². The number of hydrogen-bond acceptors (Lipinski definition) is 5. The van der Waals surface area contributed by atoms with Gasteiger partial charge in [0, 0.05) is 17.7 Å². The molecule has 0 saturated carbocycles. The quantitative estimate of drug-likeness (QED) is 0.429. The van der Waals surface area contributed by atoms with Gasteiger partial charge in [-0.2, -0.15) is 10.2 Å². The molecule has 6 heteroatoms. The van der Waals surface area contributed by atoms with Crippen LogP contribution in [0.15, 0.2) is 70.9 Å². The van der Waals surface area contributed by atoms with E-state index in [1.807, 2.05) is 30.3 Å². The number of benzene rings is 3. The van der Waals surface area contributed by atoms with Crippen molar-refractivity contribution in [2.45, 2.75) is 6.54 Å². The van der Waals surface area contributed by atoms with Crippen LogP contribution in [-0.4, -0.2) is 10.0 Å². The molecule has 0 aromatic heterocycles. The van der Waals surface area contributed by atoms with Crippen LogP contribution in [0.25, 0.3) is 10.8 Å². The van der Waals surface area contributed by atoms with Crippen molar-refractivity contribution in [2.75, 3.05) is 0 Å². The maximum Gasteiger partial charge on any atom is 0.269 e. The van der Waals surface area contributed by atoms with Gasteiger partial charge in [-0.1, -0.05) is 30.3 Å². The highest BCUT2D eigenvalue weighted by molar-refractivity contribution is 5.87. The van der Waals surface area contributed by atoms with Crippen molar-refractivity contribution in [3.05, 3.63) is 76.3 Å². The van der Waals surface area contributed by atoms with Gasteiger partial charge in [-0.3, -0.25) is 10.1 Å². The molecule has 6 nitrogen and oxygen atoms in total. The van der Waals surface area contributed by atoms with Gasteiger partial charge >= 0.3 is 0 Å². The number of rotatable bonds is 4. The molecule has 0 radical (unpaired) electrons. The van der Waals surface area contributed by atoms with E-state index in [-0.39, 0.29) is 18.0 Å². The summed E-state index contributed by atoms with van der Waals surface area (Å²) in [5.74, 6) is 0.173. The molecule has 0 heterocycles. The standard InChI is InChI=1S/C17H13N3O3/c21-17-10-5-12-3-1-2-4-15(12)16(17)11-18-19-13-6-8-14(9-7-13)20(22)23/h1-10,21H,11H2. The van der Waals surface area contributed by atoms with E-state index in [1.54, 1.807) is 6.07 Å². The highest BCUT2D eigenvalue weighted by atomic mass is 16.6. The van der Waals surface area contributed by atoms with Crippen LogP contribution in [0, 0.1) is 10.1 Å². The minimum atomic E-state index is -0.463. The summed E-state index contributed by atoms with van der Waals surface area (Å²) < 4.78 is 0. The molecule has 3 rings (SSSR count). The predicted octanol–water partition coefficient (Wildman–Crippen LogP) is 4.74. The van der Waals surface area contributed by atoms with Gasteiger partial charge in [0.2, 0.25) is 0 Å². The molecule has 0 fully saturated rings. The molecule has 0 unspecified atom stereocenters. The van der Waals surface area contributed by atoms with E-state index < -0.39 is 4.92 Å². The Labute approximate surface area is 131 Å². The van der Waals surface area contributed by atoms with E-state index in [0.717, 1.165) is 10.8 Å². The Morgan fingerprint density at radius 1 is 1.00 bits per heavy atom. The summed E-state index contributed by atoms with van der Waals surface area (Å²) in [6, 6.07) is 17.0. The SMILES string of the molecule is O=[N+]([O-])c1ccc(N=NCc2c(O)ccc3ccccc23)cc1. The first-order valence-corrected chi connectivity index (χ1v) is 6.97. The lowest BCUT2D eigenvalue weighted by molar-refractivity contribution is -0.384. The van der Waals surface area contributed by atoms with Gasteiger partial charge < -0.3 is 5.11 Å². The number of azo groups is 1. The molecule has 0 spiro atoms. The highest BCUT2D eigenvalue weighted by Crippen LogP contribution is 2.28. The Morgan fingerprint density at radius 3 is 2.48 bits per heavy atom. The summed E-state index contributed by atoms with van der Waals surface area (Å²) in [7, 11) is 0. The van der Waals surface area contributed by atoms with Crippen LogP contribution in [0.5, 0.6) is 5.75 Å². The molecule has 3 aromatic rings. The van der Waals surface area contributed by atoms with Crippen molar-refractivity contribution < 1.29 is 10.0 Å². The second-order valence-corrected chi connectivity index (χ2v) is 4.96. The third-order valence-electron chi connectivity index (χ3n) is 3.49. The number of aromatic hydroxyl groups is 1. The molecule has 0 saturated heterocycles. The third-order valence-corrected chi connectivity index (χ3v) is 3.49. The van der Waals surface area contributed by atoms with Gasteiger partial charge in [0.15, 0.2) is 0 Å². The van der Waals surface area contributed by atoms with Crippen LogP contribution in [0.1, 0.15) is 5.56 Å². The minimum Gasteiger partial charge on any atom is -0.508 e. The van der Waals surface area contributed by atoms with Gasteiger partial charge in [0.05, 0.1) is 17.2 Å². The Balaban J connectivity index is 1.83. The number of non-ortho nitro benzene ring substituents is 1. The first kappa shape index (κ1) is 14.6. The van der Waals surface area contributed by atoms with Crippen molar-refractivity contribution in [2.24, 2.45) is 10.2 Å². The Hall–Kier alpha value is -3.28. The fraction of sp³-hybridized carbons (Fsp3) is 0.0588. The van der Waals surface area contributed by atoms with E-state index in [2.05, 4.69) is 10.2 Å². The summed E-state index contributed by atoms with van der Waals surface area (Å²) in [6.07, 6.45) is 0. The van der Waals surface area contributed by atoms with Crippen LogP contribution >= 0.6 is 0 Å². The van der Waals surface area contributed by atoms with E-state index in [4.69, 9.17) is 0 Å². The van der Waals surface area contributed by atoms with E-state index >= 15 is 0 Å². The van der Waals surface area contributed by atoms with Crippen LogP contribution < -0.4 is 0 Å². The third kappa shape index (κ3) is 3.16. The van der Waals surface area contributed by atoms with Crippen LogP contribution in [0.2, 0.25) is 0 Å². The smallest absolute Gasteiger partial charge is 0.269 e. The molecule has 23 heavy (non-hydrogen) atoms. The van der Waals surface area contributed by atoms with Crippen LogP contribution in [-0.2, 0) is 6.54 Å². The number of hydrogen-bond donors (Lipinski definition) is 1. The molecule has 0 aliphatic heterocycles. The Morgan fingerprint density at radius 2 is 1.74 bits per heavy atom. The Kier molecular flexibility index (Phi) is 3.97. The lowest BCUT2D eigenvalue weighted by Gasteiger charge is -2.06. The van der Waals surface area contributed by atoms with Crippen molar-refractivity contribution in [3.8, 4) is 5.75 Å². The normalized spacial score (nSPS) is 11.1.